The molecule has 9 nitrogen and oxygen atoms in total. The highest BCUT2D eigenvalue weighted by Gasteiger charge is 2.38. The molecular weight excluding hydrogens is 484 g/mol. The molecule has 0 radical (unpaired) electrons. The lowest BCUT2D eigenvalue weighted by Gasteiger charge is -2.28. The predicted molar refractivity (Wildman–Crippen MR) is 106 cm³/mol. The second kappa shape index (κ2) is 11.3. The van der Waals surface area contributed by atoms with Crippen molar-refractivity contribution in [2.45, 2.75) is 38.2 Å². The van der Waals surface area contributed by atoms with Crippen LogP contribution in [0.5, 0.6) is 0 Å². The number of aromatic nitrogens is 3. The van der Waals surface area contributed by atoms with Gasteiger partial charge in [-0.25, -0.2) is 14.6 Å². The van der Waals surface area contributed by atoms with Crippen LogP contribution >= 0.6 is 11.3 Å². The quantitative estimate of drug-likeness (QED) is 0.529. The number of carboxylic acids is 2. The van der Waals surface area contributed by atoms with Crippen LogP contribution in [0.25, 0.3) is 10.6 Å². The van der Waals surface area contributed by atoms with Gasteiger partial charge in [0.2, 0.25) is 0 Å². The molecule has 0 aliphatic carbocycles. The fourth-order valence-electron chi connectivity index (χ4n) is 2.58. The number of aliphatic carboxylic acids is 2. The van der Waals surface area contributed by atoms with Crippen molar-refractivity contribution in [3.63, 3.8) is 0 Å². The maximum absolute atomic E-state index is 10.6. The number of rotatable bonds is 2. The number of nitrogens with zero attached hydrogens (tertiary/aromatic N) is 4. The monoisotopic (exact) mass is 505 g/mol. The SMILES string of the molecule is Cc1nc(N)sc1-c1ccn(C2CCN(C)CC2)n1.O=C(O)C(F)(F)F.O=C(O)C(F)(F)F. The molecule has 2 aromatic rings. The summed E-state index contributed by atoms with van der Waals surface area (Å²) in [5, 5.41) is 19.6. The molecule has 16 heteroatoms. The normalized spacial score (nSPS) is 15.2. The molecule has 3 heterocycles. The Labute approximate surface area is 187 Å². The van der Waals surface area contributed by atoms with E-state index in [-0.39, 0.29) is 0 Å². The highest BCUT2D eigenvalue weighted by atomic mass is 32.1. The van der Waals surface area contributed by atoms with E-state index >= 15 is 0 Å². The van der Waals surface area contributed by atoms with Gasteiger partial charge in [-0.3, -0.25) is 4.68 Å². The first-order valence-electron chi connectivity index (χ1n) is 9.09. The Kier molecular flexibility index (Phi) is 9.65. The topological polar surface area (TPSA) is 135 Å². The number of hydrogen-bond donors (Lipinski definition) is 3. The van der Waals surface area contributed by atoms with Crippen LogP contribution in [-0.2, 0) is 9.59 Å². The number of aryl methyl sites for hydroxylation is 1. The van der Waals surface area contributed by atoms with Gasteiger partial charge in [0, 0.05) is 6.20 Å². The van der Waals surface area contributed by atoms with Gasteiger partial charge in [-0.05, 0) is 46.0 Å². The van der Waals surface area contributed by atoms with Gasteiger partial charge in [0.25, 0.3) is 0 Å². The maximum Gasteiger partial charge on any atom is 0.490 e. The highest BCUT2D eigenvalue weighted by Crippen LogP contribution is 2.31. The number of nitrogen functional groups attached to an aromatic ring is 1. The Hall–Kier alpha value is -2.88. The van der Waals surface area contributed by atoms with Gasteiger partial charge in [-0.15, -0.1) is 0 Å². The summed E-state index contributed by atoms with van der Waals surface area (Å²) in [5.74, 6) is -5.51. The van der Waals surface area contributed by atoms with Crippen molar-refractivity contribution in [3.8, 4) is 10.6 Å². The minimum Gasteiger partial charge on any atom is -0.475 e. The first kappa shape index (κ1) is 28.2. The van der Waals surface area contributed by atoms with Crippen molar-refractivity contribution in [1.82, 2.24) is 19.7 Å². The molecule has 0 atom stereocenters. The third-order valence-electron chi connectivity index (χ3n) is 4.20. The number of alkyl halides is 6. The molecule has 2 aromatic heterocycles. The smallest absolute Gasteiger partial charge is 0.475 e. The number of anilines is 1. The molecule has 4 N–H and O–H groups in total. The molecule has 0 spiro atoms. The second-order valence-electron chi connectivity index (χ2n) is 6.79. The van der Waals surface area contributed by atoms with E-state index in [9.17, 15) is 26.3 Å². The average molecular weight is 505 g/mol. The fraction of sp³-hybridized carbons (Fsp3) is 0.529. The zero-order valence-electron chi connectivity index (χ0n) is 17.3. The minimum atomic E-state index is -5.08. The molecule has 0 unspecified atom stereocenters. The van der Waals surface area contributed by atoms with Gasteiger partial charge >= 0.3 is 24.3 Å². The van der Waals surface area contributed by atoms with Crippen LogP contribution in [-0.4, -0.2) is 74.3 Å². The largest absolute Gasteiger partial charge is 0.490 e. The standard InChI is InChI=1S/C13H19N5S.2C2HF3O2/c1-9-12(19-13(14)15-9)11-5-8-18(16-11)10-3-6-17(2)7-4-10;2*3-2(4,5)1(6)7/h5,8,10H,3-4,6-7H2,1-2H3,(H2,14,15);2*(H,6,7). The van der Waals surface area contributed by atoms with Crippen molar-refractivity contribution in [1.29, 1.82) is 0 Å². The number of carboxylic acid groups (broad SMARTS) is 2. The van der Waals surface area contributed by atoms with Crippen LogP contribution in [0.2, 0.25) is 0 Å². The third kappa shape index (κ3) is 9.25. The number of piperidine rings is 1. The number of nitrogens with two attached hydrogens (primary N) is 1. The lowest BCUT2D eigenvalue weighted by molar-refractivity contribution is -0.193. The number of likely N-dealkylation sites (tertiary alicyclic amines) is 1. The van der Waals surface area contributed by atoms with Gasteiger partial charge in [0.15, 0.2) is 5.13 Å². The molecule has 0 bridgehead atoms. The first-order valence-corrected chi connectivity index (χ1v) is 9.91. The summed E-state index contributed by atoms with van der Waals surface area (Å²) in [6, 6.07) is 2.59. The van der Waals surface area contributed by atoms with Crippen LogP contribution < -0.4 is 5.73 Å². The lowest BCUT2D eigenvalue weighted by Crippen LogP contribution is -2.31. The molecule has 33 heavy (non-hydrogen) atoms. The molecule has 3 rings (SSSR count). The summed E-state index contributed by atoms with van der Waals surface area (Å²) in [7, 11) is 2.17. The average Bonchev–Trinajstić information content (AvgIpc) is 3.28. The molecule has 1 aliphatic heterocycles. The van der Waals surface area contributed by atoms with E-state index in [4.69, 9.17) is 30.6 Å². The summed E-state index contributed by atoms with van der Waals surface area (Å²) in [6.07, 6.45) is -5.75. The molecule has 0 amide bonds. The van der Waals surface area contributed by atoms with Crippen molar-refractivity contribution in [2.24, 2.45) is 0 Å². The van der Waals surface area contributed by atoms with Crippen LogP contribution in [0.1, 0.15) is 24.6 Å². The minimum absolute atomic E-state index is 0.524. The van der Waals surface area contributed by atoms with E-state index in [2.05, 4.69) is 33.9 Å². The molecule has 1 aliphatic rings. The number of halogens is 6. The number of hydrogen-bond acceptors (Lipinski definition) is 7. The summed E-state index contributed by atoms with van der Waals surface area (Å²) in [4.78, 5) is 25.5. The first-order chi connectivity index (χ1) is 15.0. The highest BCUT2D eigenvalue weighted by molar-refractivity contribution is 7.18. The molecule has 186 valence electrons. The number of thiazole rings is 1. The second-order valence-corrected chi connectivity index (χ2v) is 7.82. The Morgan fingerprint density at radius 1 is 1.09 bits per heavy atom. The molecule has 1 fully saturated rings. The maximum atomic E-state index is 10.6. The van der Waals surface area contributed by atoms with Crippen molar-refractivity contribution in [3.05, 3.63) is 18.0 Å². The molecule has 0 saturated carbocycles. The van der Waals surface area contributed by atoms with E-state index in [1.807, 2.05) is 6.92 Å². The Morgan fingerprint density at radius 2 is 1.55 bits per heavy atom. The van der Waals surface area contributed by atoms with Crippen molar-refractivity contribution >= 4 is 28.4 Å². The Balaban J connectivity index is 0.000000324. The van der Waals surface area contributed by atoms with E-state index in [0.717, 1.165) is 29.4 Å². The van der Waals surface area contributed by atoms with Gasteiger partial charge < -0.3 is 20.8 Å². The lowest BCUT2D eigenvalue weighted by atomic mass is 10.1. The molecule has 0 aromatic carbocycles. The predicted octanol–water partition coefficient (Wildman–Crippen LogP) is 3.43. The van der Waals surface area contributed by atoms with Crippen molar-refractivity contribution in [2.75, 3.05) is 25.9 Å². The van der Waals surface area contributed by atoms with Gasteiger partial charge in [0.05, 0.1) is 16.6 Å². The molecular formula is C17H21F6N5O4S. The zero-order chi connectivity index (χ0) is 25.6. The van der Waals surface area contributed by atoms with Crippen LogP contribution in [0.15, 0.2) is 12.3 Å². The van der Waals surface area contributed by atoms with Crippen LogP contribution in [0, 0.1) is 6.92 Å². The summed E-state index contributed by atoms with van der Waals surface area (Å²) < 4.78 is 65.6. The van der Waals surface area contributed by atoms with E-state index in [1.165, 1.54) is 24.2 Å². The van der Waals surface area contributed by atoms with Crippen LogP contribution in [0.4, 0.5) is 31.5 Å². The summed E-state index contributed by atoms with van der Waals surface area (Å²) >= 11 is 1.51. The fourth-order valence-corrected chi connectivity index (χ4v) is 3.38. The third-order valence-corrected chi connectivity index (χ3v) is 5.21. The van der Waals surface area contributed by atoms with Gasteiger partial charge in [-0.1, -0.05) is 11.3 Å². The van der Waals surface area contributed by atoms with E-state index in [1.54, 1.807) is 0 Å². The summed E-state index contributed by atoms with van der Waals surface area (Å²) in [5.41, 5.74) is 7.71. The van der Waals surface area contributed by atoms with Crippen LogP contribution in [0.3, 0.4) is 0 Å². The molecule has 1 saturated heterocycles. The van der Waals surface area contributed by atoms with Gasteiger partial charge in [-0.2, -0.15) is 31.4 Å². The number of carbonyl (C=O) groups is 2. The Morgan fingerprint density at radius 3 is 1.91 bits per heavy atom. The van der Waals surface area contributed by atoms with E-state index in [0.29, 0.717) is 11.2 Å². The van der Waals surface area contributed by atoms with E-state index < -0.39 is 24.3 Å². The van der Waals surface area contributed by atoms with Gasteiger partial charge in [0.1, 0.15) is 5.69 Å². The zero-order valence-corrected chi connectivity index (χ0v) is 18.1. The Bertz CT molecular complexity index is 911. The van der Waals surface area contributed by atoms with Crippen molar-refractivity contribution < 1.29 is 46.1 Å². The summed E-state index contributed by atoms with van der Waals surface area (Å²) in [6.45, 7) is 4.27.